The summed E-state index contributed by atoms with van der Waals surface area (Å²) in [5.41, 5.74) is 0. The number of nitrogens with one attached hydrogen (secondary N) is 2. The molecule has 1 aliphatic heterocycles. The van der Waals surface area contributed by atoms with Gasteiger partial charge in [-0.3, -0.25) is 4.79 Å². The lowest BCUT2D eigenvalue weighted by Gasteiger charge is -2.32. The monoisotopic (exact) mass is 301 g/mol. The summed E-state index contributed by atoms with van der Waals surface area (Å²) in [6, 6.07) is -1.36. The average molecular weight is 301 g/mol. The molecule has 2 unspecified atom stereocenters. The highest BCUT2D eigenvalue weighted by Crippen LogP contribution is 2.07. The molecule has 0 aliphatic carbocycles. The molecule has 0 bridgehead atoms. The third-order valence-electron chi connectivity index (χ3n) is 3.32. The first-order chi connectivity index (χ1) is 9.95. The van der Waals surface area contributed by atoms with Gasteiger partial charge in [0, 0.05) is 25.6 Å². The highest BCUT2D eigenvalue weighted by atomic mass is 16.5. The van der Waals surface area contributed by atoms with E-state index in [2.05, 4.69) is 10.6 Å². The minimum atomic E-state index is -1.10. The van der Waals surface area contributed by atoms with Gasteiger partial charge in [0.15, 0.2) is 6.04 Å². The molecule has 1 rings (SSSR count). The first-order valence-electron chi connectivity index (χ1n) is 7.10. The second-order valence-corrected chi connectivity index (χ2v) is 4.98. The quantitative estimate of drug-likeness (QED) is 0.629. The standard InChI is InChI=1S/C13H23N3O5/c1-3-9(2)15-11(17)4-5-14-13(20)16-6-7-21-8-10(16)12(18)19/h9-10H,3-8H2,1-2H3,(H,14,20)(H,15,17)(H,18,19). The van der Waals surface area contributed by atoms with Gasteiger partial charge < -0.3 is 25.4 Å². The number of amides is 3. The Kier molecular flexibility index (Phi) is 6.93. The zero-order chi connectivity index (χ0) is 15.8. The van der Waals surface area contributed by atoms with Crippen molar-refractivity contribution in [2.24, 2.45) is 0 Å². The topological polar surface area (TPSA) is 108 Å². The van der Waals surface area contributed by atoms with Gasteiger partial charge >= 0.3 is 12.0 Å². The van der Waals surface area contributed by atoms with E-state index in [9.17, 15) is 14.4 Å². The van der Waals surface area contributed by atoms with Crippen molar-refractivity contribution in [3.63, 3.8) is 0 Å². The van der Waals surface area contributed by atoms with Crippen molar-refractivity contribution in [2.75, 3.05) is 26.3 Å². The number of nitrogens with zero attached hydrogens (tertiary/aromatic N) is 1. The molecule has 0 aromatic carbocycles. The maximum absolute atomic E-state index is 11.9. The predicted octanol–water partition coefficient (Wildman–Crippen LogP) is -0.214. The summed E-state index contributed by atoms with van der Waals surface area (Å²) in [5, 5.41) is 14.4. The SMILES string of the molecule is CCC(C)NC(=O)CCNC(=O)N1CCOCC1C(=O)O. The maximum Gasteiger partial charge on any atom is 0.328 e. The molecule has 3 amide bonds. The third kappa shape index (κ3) is 5.58. The Balaban J connectivity index is 2.35. The minimum Gasteiger partial charge on any atom is -0.480 e. The lowest BCUT2D eigenvalue weighted by Crippen LogP contribution is -2.55. The highest BCUT2D eigenvalue weighted by Gasteiger charge is 2.32. The van der Waals surface area contributed by atoms with E-state index in [0.29, 0.717) is 6.61 Å². The number of rotatable bonds is 6. The fourth-order valence-electron chi connectivity index (χ4n) is 1.88. The smallest absolute Gasteiger partial charge is 0.328 e. The second kappa shape index (κ2) is 8.46. The van der Waals surface area contributed by atoms with Gasteiger partial charge in [-0.05, 0) is 13.3 Å². The predicted molar refractivity (Wildman–Crippen MR) is 74.9 cm³/mol. The van der Waals surface area contributed by atoms with Crippen LogP contribution in [0.2, 0.25) is 0 Å². The van der Waals surface area contributed by atoms with Crippen LogP contribution in [-0.2, 0) is 14.3 Å². The van der Waals surface area contributed by atoms with E-state index >= 15 is 0 Å². The van der Waals surface area contributed by atoms with Gasteiger partial charge in [-0.15, -0.1) is 0 Å². The average Bonchev–Trinajstić information content (AvgIpc) is 2.46. The van der Waals surface area contributed by atoms with Gasteiger partial charge in [-0.1, -0.05) is 6.92 Å². The molecule has 1 aliphatic rings. The largest absolute Gasteiger partial charge is 0.480 e. The van der Waals surface area contributed by atoms with Gasteiger partial charge in [0.1, 0.15) is 0 Å². The molecular formula is C13H23N3O5. The van der Waals surface area contributed by atoms with E-state index in [1.54, 1.807) is 0 Å². The number of urea groups is 1. The number of hydrogen-bond acceptors (Lipinski definition) is 4. The van der Waals surface area contributed by atoms with Crippen LogP contribution in [0.4, 0.5) is 4.79 Å². The van der Waals surface area contributed by atoms with Crippen LogP contribution in [0.15, 0.2) is 0 Å². The van der Waals surface area contributed by atoms with Gasteiger partial charge in [0.25, 0.3) is 0 Å². The van der Waals surface area contributed by atoms with Gasteiger partial charge in [-0.2, -0.15) is 0 Å². The Morgan fingerprint density at radius 1 is 1.43 bits per heavy atom. The summed E-state index contributed by atoms with van der Waals surface area (Å²) in [7, 11) is 0. The summed E-state index contributed by atoms with van der Waals surface area (Å²) < 4.78 is 5.06. The maximum atomic E-state index is 11.9. The first-order valence-corrected chi connectivity index (χ1v) is 7.10. The number of ether oxygens (including phenoxy) is 1. The molecule has 3 N–H and O–H groups in total. The van der Waals surface area contributed by atoms with Crippen molar-refractivity contribution < 1.29 is 24.2 Å². The van der Waals surface area contributed by atoms with Gasteiger partial charge in [0.05, 0.1) is 13.2 Å². The number of carbonyl (C=O) groups excluding carboxylic acids is 2. The normalized spacial score (nSPS) is 19.7. The lowest BCUT2D eigenvalue weighted by molar-refractivity contribution is -0.147. The molecule has 8 nitrogen and oxygen atoms in total. The first kappa shape index (κ1) is 17.2. The number of morpholine rings is 1. The third-order valence-corrected chi connectivity index (χ3v) is 3.32. The summed E-state index contributed by atoms with van der Waals surface area (Å²) in [5.74, 6) is -1.24. The summed E-state index contributed by atoms with van der Waals surface area (Å²) >= 11 is 0. The fraction of sp³-hybridized carbons (Fsp3) is 0.769. The number of carboxylic acids is 1. The molecular weight excluding hydrogens is 278 g/mol. The lowest BCUT2D eigenvalue weighted by atomic mass is 10.2. The van der Waals surface area contributed by atoms with Crippen LogP contribution in [0.3, 0.4) is 0 Å². The molecule has 120 valence electrons. The Bertz CT molecular complexity index is 388. The van der Waals surface area contributed by atoms with Gasteiger partial charge in [0.2, 0.25) is 5.91 Å². The summed E-state index contributed by atoms with van der Waals surface area (Å²) in [6.45, 7) is 4.56. The molecule has 1 saturated heterocycles. The molecule has 2 atom stereocenters. The zero-order valence-corrected chi connectivity index (χ0v) is 12.4. The molecule has 21 heavy (non-hydrogen) atoms. The highest BCUT2D eigenvalue weighted by molar-refractivity contribution is 5.83. The van der Waals surface area contributed by atoms with Crippen molar-refractivity contribution in [1.82, 2.24) is 15.5 Å². The molecule has 0 aromatic rings. The Morgan fingerprint density at radius 2 is 2.14 bits per heavy atom. The van der Waals surface area contributed by atoms with E-state index in [4.69, 9.17) is 9.84 Å². The number of hydrogen-bond donors (Lipinski definition) is 3. The molecule has 0 radical (unpaired) electrons. The number of aliphatic carboxylic acids is 1. The summed E-state index contributed by atoms with van der Waals surface area (Å²) in [4.78, 5) is 35.8. The van der Waals surface area contributed by atoms with Crippen LogP contribution in [-0.4, -0.2) is 66.3 Å². The Labute approximate surface area is 123 Å². The Morgan fingerprint density at radius 3 is 2.76 bits per heavy atom. The van der Waals surface area contributed by atoms with Gasteiger partial charge in [-0.25, -0.2) is 9.59 Å². The van der Waals surface area contributed by atoms with Crippen LogP contribution in [0.25, 0.3) is 0 Å². The van der Waals surface area contributed by atoms with Crippen LogP contribution in [0.5, 0.6) is 0 Å². The fourth-order valence-corrected chi connectivity index (χ4v) is 1.88. The van der Waals surface area contributed by atoms with Crippen LogP contribution in [0.1, 0.15) is 26.7 Å². The molecule has 1 fully saturated rings. The molecule has 0 aromatic heterocycles. The Hall–Kier alpha value is -1.83. The van der Waals surface area contributed by atoms with Crippen LogP contribution in [0, 0.1) is 0 Å². The number of carboxylic acid groups (broad SMARTS) is 1. The molecule has 0 spiro atoms. The summed E-state index contributed by atoms with van der Waals surface area (Å²) in [6.07, 6.45) is 1.00. The second-order valence-electron chi connectivity index (χ2n) is 4.98. The van der Waals surface area contributed by atoms with Crippen molar-refractivity contribution in [3.8, 4) is 0 Å². The minimum absolute atomic E-state index is 0.0166. The van der Waals surface area contributed by atoms with Crippen molar-refractivity contribution in [2.45, 2.75) is 38.8 Å². The molecule has 1 heterocycles. The van der Waals surface area contributed by atoms with Crippen molar-refractivity contribution in [1.29, 1.82) is 0 Å². The van der Waals surface area contributed by atoms with Crippen LogP contribution < -0.4 is 10.6 Å². The van der Waals surface area contributed by atoms with E-state index in [1.807, 2.05) is 13.8 Å². The number of carbonyl (C=O) groups is 3. The zero-order valence-electron chi connectivity index (χ0n) is 12.4. The van der Waals surface area contributed by atoms with E-state index in [-0.39, 0.29) is 38.1 Å². The van der Waals surface area contributed by atoms with Crippen molar-refractivity contribution >= 4 is 17.9 Å². The molecule has 8 heteroatoms. The van der Waals surface area contributed by atoms with Crippen molar-refractivity contribution in [3.05, 3.63) is 0 Å². The van der Waals surface area contributed by atoms with Crippen LogP contribution >= 0.6 is 0 Å². The van der Waals surface area contributed by atoms with E-state index in [1.165, 1.54) is 4.90 Å². The molecule has 0 saturated carbocycles. The van der Waals surface area contributed by atoms with E-state index < -0.39 is 18.0 Å². The van der Waals surface area contributed by atoms with E-state index in [0.717, 1.165) is 6.42 Å².